The number of carboxylic acid groups (broad SMARTS) is 1. The van der Waals surface area contributed by atoms with Crippen LogP contribution in [0.5, 0.6) is 5.75 Å². The molecule has 0 saturated carbocycles. The van der Waals surface area contributed by atoms with Crippen LogP contribution in [-0.2, 0) is 11.3 Å². The zero-order chi connectivity index (χ0) is 18.4. The first-order valence-electron chi connectivity index (χ1n) is 7.69. The molecule has 0 aliphatic carbocycles. The second kappa shape index (κ2) is 8.09. The zero-order valence-electron chi connectivity index (χ0n) is 13.9. The van der Waals surface area contributed by atoms with Crippen molar-refractivity contribution in [2.45, 2.75) is 25.9 Å². The normalized spacial score (nSPS) is 11.6. The van der Waals surface area contributed by atoms with Gasteiger partial charge in [0.1, 0.15) is 11.4 Å². The summed E-state index contributed by atoms with van der Waals surface area (Å²) in [6, 6.07) is 8.58. The molecule has 0 aliphatic heterocycles. The Morgan fingerprint density at radius 2 is 1.92 bits per heavy atom. The number of aliphatic carboxylic acids is 1. The van der Waals surface area contributed by atoms with Gasteiger partial charge in [0, 0.05) is 12.6 Å². The summed E-state index contributed by atoms with van der Waals surface area (Å²) in [5.74, 6) is -0.974. The summed E-state index contributed by atoms with van der Waals surface area (Å²) < 4.78 is 6.23. The fourth-order valence-electron chi connectivity index (χ4n) is 2.29. The van der Waals surface area contributed by atoms with Gasteiger partial charge in [-0.1, -0.05) is 12.1 Å². The zero-order valence-corrected chi connectivity index (χ0v) is 13.9. The molecule has 8 nitrogen and oxygen atoms in total. The van der Waals surface area contributed by atoms with Crippen molar-refractivity contribution in [3.05, 3.63) is 58.0 Å². The minimum absolute atomic E-state index is 0.0466. The van der Waals surface area contributed by atoms with E-state index in [-0.39, 0.29) is 17.7 Å². The standard InChI is InChI=1S/C17H19N3O5/c1-3-20-15(21)9-8-13(19-20)17(24)18-14(10-16(22)23)11-4-6-12(25-2)7-5-11/h4-9,14H,3,10H2,1-2H3,(H,18,24)(H,22,23)/t14-/m0/s1. The first-order valence-corrected chi connectivity index (χ1v) is 7.69. The Kier molecular flexibility index (Phi) is 5.89. The monoisotopic (exact) mass is 345 g/mol. The minimum atomic E-state index is -1.05. The van der Waals surface area contributed by atoms with Crippen LogP contribution < -0.4 is 15.6 Å². The van der Waals surface area contributed by atoms with Gasteiger partial charge in [-0.25, -0.2) is 4.68 Å². The van der Waals surface area contributed by atoms with Crippen molar-refractivity contribution in [3.63, 3.8) is 0 Å². The third-order valence-electron chi connectivity index (χ3n) is 3.60. The number of nitrogens with zero attached hydrogens (tertiary/aromatic N) is 2. The lowest BCUT2D eigenvalue weighted by Crippen LogP contribution is -2.33. The smallest absolute Gasteiger partial charge is 0.305 e. The van der Waals surface area contributed by atoms with Gasteiger partial charge in [0.25, 0.3) is 11.5 Å². The number of carboxylic acids is 1. The van der Waals surface area contributed by atoms with E-state index in [2.05, 4.69) is 10.4 Å². The van der Waals surface area contributed by atoms with Gasteiger partial charge in [0.2, 0.25) is 0 Å². The second-order valence-corrected chi connectivity index (χ2v) is 5.27. The van der Waals surface area contributed by atoms with Gasteiger partial charge in [-0.15, -0.1) is 0 Å². The van der Waals surface area contributed by atoms with Crippen LogP contribution in [0.2, 0.25) is 0 Å². The first-order chi connectivity index (χ1) is 11.9. The lowest BCUT2D eigenvalue weighted by atomic mass is 10.0. The Balaban J connectivity index is 2.25. The average Bonchev–Trinajstić information content (AvgIpc) is 2.61. The van der Waals surface area contributed by atoms with E-state index in [9.17, 15) is 14.4 Å². The highest BCUT2D eigenvalue weighted by Crippen LogP contribution is 2.20. The van der Waals surface area contributed by atoms with Crippen molar-refractivity contribution < 1.29 is 19.4 Å². The Hall–Kier alpha value is -3.16. The Morgan fingerprint density at radius 1 is 1.24 bits per heavy atom. The van der Waals surface area contributed by atoms with E-state index in [0.717, 1.165) is 4.68 Å². The maximum atomic E-state index is 12.4. The maximum Gasteiger partial charge on any atom is 0.305 e. The molecule has 1 aromatic carbocycles. The van der Waals surface area contributed by atoms with E-state index in [4.69, 9.17) is 9.84 Å². The van der Waals surface area contributed by atoms with E-state index in [1.165, 1.54) is 19.2 Å². The van der Waals surface area contributed by atoms with Crippen LogP contribution in [0.25, 0.3) is 0 Å². The van der Waals surface area contributed by atoms with E-state index in [1.807, 2.05) is 0 Å². The summed E-state index contributed by atoms with van der Waals surface area (Å²) in [6.07, 6.45) is -0.286. The summed E-state index contributed by atoms with van der Waals surface area (Å²) in [6.45, 7) is 2.07. The number of carbonyl (C=O) groups is 2. The molecule has 0 aliphatic rings. The molecule has 0 fully saturated rings. The molecular formula is C17H19N3O5. The molecule has 0 radical (unpaired) electrons. The second-order valence-electron chi connectivity index (χ2n) is 5.27. The van der Waals surface area contributed by atoms with Crippen LogP contribution in [0, 0.1) is 0 Å². The van der Waals surface area contributed by atoms with Crippen molar-refractivity contribution in [3.8, 4) is 5.75 Å². The third kappa shape index (κ3) is 4.66. The van der Waals surface area contributed by atoms with Crippen molar-refractivity contribution in [2.75, 3.05) is 7.11 Å². The number of hydrogen-bond acceptors (Lipinski definition) is 5. The predicted molar refractivity (Wildman–Crippen MR) is 89.6 cm³/mol. The van der Waals surface area contributed by atoms with Crippen molar-refractivity contribution >= 4 is 11.9 Å². The van der Waals surface area contributed by atoms with Gasteiger partial charge in [-0.3, -0.25) is 14.4 Å². The van der Waals surface area contributed by atoms with E-state index in [0.29, 0.717) is 17.9 Å². The summed E-state index contributed by atoms with van der Waals surface area (Å²) in [5, 5.41) is 15.7. The van der Waals surface area contributed by atoms with E-state index in [1.54, 1.807) is 31.2 Å². The number of ether oxygens (including phenoxy) is 1. The van der Waals surface area contributed by atoms with Gasteiger partial charge >= 0.3 is 5.97 Å². The van der Waals surface area contributed by atoms with Crippen LogP contribution in [0.15, 0.2) is 41.2 Å². The number of aryl methyl sites for hydroxylation is 1. The molecule has 1 atom stereocenters. The summed E-state index contributed by atoms with van der Waals surface area (Å²) in [5.41, 5.74) is 0.363. The number of rotatable bonds is 7. The summed E-state index contributed by atoms with van der Waals surface area (Å²) >= 11 is 0. The molecule has 0 spiro atoms. The molecule has 8 heteroatoms. The molecule has 0 unspecified atom stereocenters. The molecule has 0 saturated heterocycles. The van der Waals surface area contributed by atoms with Gasteiger partial charge in [-0.2, -0.15) is 5.10 Å². The fraction of sp³-hybridized carbons (Fsp3) is 0.294. The molecule has 132 valence electrons. The first kappa shape index (κ1) is 18.2. The molecule has 2 N–H and O–H groups in total. The highest BCUT2D eigenvalue weighted by atomic mass is 16.5. The minimum Gasteiger partial charge on any atom is -0.497 e. The lowest BCUT2D eigenvalue weighted by molar-refractivity contribution is -0.137. The number of hydrogen-bond donors (Lipinski definition) is 2. The summed E-state index contributed by atoms with van der Waals surface area (Å²) in [7, 11) is 1.53. The van der Waals surface area contributed by atoms with E-state index >= 15 is 0 Å². The number of methoxy groups -OCH3 is 1. The average molecular weight is 345 g/mol. The molecule has 25 heavy (non-hydrogen) atoms. The quantitative estimate of drug-likeness (QED) is 0.780. The number of amides is 1. The van der Waals surface area contributed by atoms with Crippen LogP contribution in [0.1, 0.15) is 35.4 Å². The SMILES string of the molecule is CCn1nc(C(=O)N[C@@H](CC(=O)O)c2ccc(OC)cc2)ccc1=O. The Labute approximate surface area is 144 Å². The largest absolute Gasteiger partial charge is 0.497 e. The molecule has 2 aromatic rings. The number of benzene rings is 1. The van der Waals surface area contributed by atoms with Crippen LogP contribution in [0.3, 0.4) is 0 Å². The summed E-state index contributed by atoms with van der Waals surface area (Å²) in [4.78, 5) is 35.1. The van der Waals surface area contributed by atoms with Gasteiger partial charge in [-0.05, 0) is 30.7 Å². The van der Waals surface area contributed by atoms with Crippen LogP contribution in [-0.4, -0.2) is 33.9 Å². The fourth-order valence-corrected chi connectivity index (χ4v) is 2.29. The van der Waals surface area contributed by atoms with Crippen molar-refractivity contribution in [1.29, 1.82) is 0 Å². The molecule has 0 bridgehead atoms. The van der Waals surface area contributed by atoms with Gasteiger partial charge < -0.3 is 15.2 Å². The molecule has 1 aromatic heterocycles. The Morgan fingerprint density at radius 3 is 2.48 bits per heavy atom. The highest BCUT2D eigenvalue weighted by Gasteiger charge is 2.20. The molecular weight excluding hydrogens is 326 g/mol. The van der Waals surface area contributed by atoms with Crippen LogP contribution in [0.4, 0.5) is 0 Å². The molecule has 2 rings (SSSR count). The van der Waals surface area contributed by atoms with Gasteiger partial charge in [0.15, 0.2) is 0 Å². The highest BCUT2D eigenvalue weighted by molar-refractivity contribution is 5.92. The predicted octanol–water partition coefficient (Wildman–Crippen LogP) is 1.22. The lowest BCUT2D eigenvalue weighted by Gasteiger charge is -2.17. The maximum absolute atomic E-state index is 12.4. The van der Waals surface area contributed by atoms with Gasteiger partial charge in [0.05, 0.1) is 19.6 Å². The topological polar surface area (TPSA) is 111 Å². The Bertz CT molecular complexity index is 814. The van der Waals surface area contributed by atoms with Crippen LogP contribution >= 0.6 is 0 Å². The molecule has 1 amide bonds. The van der Waals surface area contributed by atoms with Crippen molar-refractivity contribution in [1.82, 2.24) is 15.1 Å². The third-order valence-corrected chi connectivity index (χ3v) is 3.60. The number of nitrogens with one attached hydrogen (secondary N) is 1. The van der Waals surface area contributed by atoms with E-state index < -0.39 is 17.9 Å². The number of carbonyl (C=O) groups excluding carboxylic acids is 1. The number of aromatic nitrogens is 2. The molecule has 1 heterocycles. The van der Waals surface area contributed by atoms with Crippen molar-refractivity contribution in [2.24, 2.45) is 0 Å².